The summed E-state index contributed by atoms with van der Waals surface area (Å²) < 4.78 is 2.12. The predicted molar refractivity (Wildman–Crippen MR) is 119 cm³/mol. The highest BCUT2D eigenvalue weighted by Crippen LogP contribution is 2.32. The van der Waals surface area contributed by atoms with Gasteiger partial charge in [0.25, 0.3) is 0 Å². The number of aryl methyl sites for hydroxylation is 1. The lowest BCUT2D eigenvalue weighted by molar-refractivity contribution is 0.0698. The first-order valence-corrected chi connectivity index (χ1v) is 10.2. The van der Waals surface area contributed by atoms with E-state index in [0.717, 1.165) is 33.8 Å². The van der Waals surface area contributed by atoms with E-state index >= 15 is 0 Å². The molecule has 2 aromatic carbocycles. The largest absolute Gasteiger partial charge is 0.478 e. The number of carbonyl (C=O) groups is 1. The van der Waals surface area contributed by atoms with E-state index in [0.29, 0.717) is 11.9 Å². The van der Waals surface area contributed by atoms with Gasteiger partial charge in [-0.1, -0.05) is 46.8 Å². The number of rotatable bonds is 4. The molecule has 0 aliphatic heterocycles. The Balaban J connectivity index is 1.80. The number of hydrogen-bond acceptors (Lipinski definition) is 3. The quantitative estimate of drug-likeness (QED) is 0.503. The second kappa shape index (κ2) is 6.69. The highest BCUT2D eigenvalue weighted by Gasteiger charge is 2.29. The third-order valence-corrected chi connectivity index (χ3v) is 5.63. The monoisotopic (exact) mass is 404 g/mol. The third kappa shape index (κ3) is 3.36. The molecule has 0 spiro atoms. The number of nitrogens with one attached hydrogen (secondary N) is 1. The van der Waals surface area contributed by atoms with E-state index in [1.807, 2.05) is 31.3 Å². The fourth-order valence-electron chi connectivity index (χ4n) is 4.14. The molecule has 0 aliphatic carbocycles. The highest BCUT2D eigenvalue weighted by molar-refractivity contribution is 6.01. The maximum Gasteiger partial charge on any atom is 0.337 e. The van der Waals surface area contributed by atoms with Crippen molar-refractivity contribution in [2.75, 3.05) is 0 Å². The number of carboxylic acid groups (broad SMARTS) is 1. The molecule has 0 radical (unpaired) electrons. The van der Waals surface area contributed by atoms with E-state index in [2.05, 4.69) is 55.2 Å². The zero-order valence-electron chi connectivity index (χ0n) is 18.4. The maximum absolute atomic E-state index is 12.0. The number of aromatic carboxylic acids is 1. The first kappa shape index (κ1) is 20.1. The lowest BCUT2D eigenvalue weighted by Gasteiger charge is -2.24. The molecule has 2 N–H and O–H groups in total. The number of para-hydroxylation sites is 2. The molecule has 0 aliphatic rings. The highest BCUT2D eigenvalue weighted by atomic mass is 16.4. The van der Waals surface area contributed by atoms with Gasteiger partial charge in [-0.25, -0.2) is 14.8 Å². The summed E-state index contributed by atoms with van der Waals surface area (Å²) in [6.45, 7) is 10.5. The summed E-state index contributed by atoms with van der Waals surface area (Å²) in [5, 5.41) is 9.80. The van der Waals surface area contributed by atoms with E-state index in [9.17, 15) is 9.90 Å². The van der Waals surface area contributed by atoms with Crippen LogP contribution in [0.2, 0.25) is 0 Å². The minimum atomic E-state index is -0.964. The van der Waals surface area contributed by atoms with Gasteiger partial charge in [-0.3, -0.25) is 0 Å². The van der Waals surface area contributed by atoms with E-state index in [4.69, 9.17) is 4.98 Å². The molecular weight excluding hydrogens is 376 g/mol. The topological polar surface area (TPSA) is 83.8 Å². The average molecular weight is 405 g/mol. The second-order valence-electron chi connectivity index (χ2n) is 9.72. The predicted octanol–water partition coefficient (Wildman–Crippen LogP) is 4.97. The van der Waals surface area contributed by atoms with Crippen LogP contribution < -0.4 is 0 Å². The van der Waals surface area contributed by atoms with Crippen molar-refractivity contribution >= 4 is 28.0 Å². The van der Waals surface area contributed by atoms with Crippen LogP contribution >= 0.6 is 0 Å². The molecule has 0 bridgehead atoms. The summed E-state index contributed by atoms with van der Waals surface area (Å²) in [6.07, 6.45) is 0.657. The number of H-pyrrole nitrogens is 1. The molecule has 0 unspecified atom stereocenters. The molecule has 0 amide bonds. The van der Waals surface area contributed by atoms with Crippen LogP contribution in [0.1, 0.15) is 62.2 Å². The number of imidazole rings is 2. The Hall–Kier alpha value is -3.15. The number of benzene rings is 2. The Morgan fingerprint density at radius 2 is 1.80 bits per heavy atom. The molecule has 4 aromatic rings. The van der Waals surface area contributed by atoms with Gasteiger partial charge in [0.2, 0.25) is 0 Å². The summed E-state index contributed by atoms with van der Waals surface area (Å²) in [5.41, 5.74) is 4.02. The maximum atomic E-state index is 12.0. The van der Waals surface area contributed by atoms with Gasteiger partial charge in [0.15, 0.2) is 0 Å². The van der Waals surface area contributed by atoms with Crippen molar-refractivity contribution in [3.8, 4) is 0 Å². The zero-order valence-corrected chi connectivity index (χ0v) is 18.4. The molecule has 30 heavy (non-hydrogen) atoms. The van der Waals surface area contributed by atoms with Crippen molar-refractivity contribution < 1.29 is 9.90 Å². The Kier molecular flexibility index (Phi) is 4.49. The van der Waals surface area contributed by atoms with Crippen LogP contribution in [0, 0.1) is 0 Å². The van der Waals surface area contributed by atoms with E-state index in [1.54, 1.807) is 6.07 Å². The van der Waals surface area contributed by atoms with Crippen LogP contribution in [0.25, 0.3) is 22.1 Å². The molecule has 6 heteroatoms. The van der Waals surface area contributed by atoms with Gasteiger partial charge in [-0.05, 0) is 36.2 Å². The normalized spacial score (nSPS) is 12.7. The number of aromatic nitrogens is 4. The van der Waals surface area contributed by atoms with Crippen molar-refractivity contribution in [2.24, 2.45) is 7.05 Å². The van der Waals surface area contributed by atoms with Crippen molar-refractivity contribution in [1.29, 1.82) is 0 Å². The lowest BCUT2D eigenvalue weighted by atomic mass is 9.84. The standard InChI is InChI=1S/C24H28N4O2/c1-23(2,3)21-25-17-12-14(11-15(20(29)30)19(17)27-21)13-24(4,5)22-26-16-9-7-8-10-18(16)28(22)6/h7-12H,13H2,1-6H3,(H,25,27)(H,29,30). The minimum absolute atomic E-state index is 0.193. The van der Waals surface area contributed by atoms with E-state index < -0.39 is 5.97 Å². The number of carboxylic acids is 1. The van der Waals surface area contributed by atoms with Crippen molar-refractivity contribution in [1.82, 2.24) is 19.5 Å². The summed E-state index contributed by atoms with van der Waals surface area (Å²) >= 11 is 0. The second-order valence-corrected chi connectivity index (χ2v) is 9.72. The van der Waals surface area contributed by atoms with Crippen molar-refractivity contribution in [2.45, 2.75) is 51.9 Å². The van der Waals surface area contributed by atoms with E-state index in [1.165, 1.54) is 0 Å². The molecule has 4 rings (SSSR count). The zero-order chi connectivity index (χ0) is 21.8. The first-order valence-electron chi connectivity index (χ1n) is 10.2. The van der Waals surface area contributed by atoms with Gasteiger partial charge < -0.3 is 14.7 Å². The summed E-state index contributed by atoms with van der Waals surface area (Å²) in [7, 11) is 2.03. The Bertz CT molecular complexity index is 1270. The molecule has 0 atom stereocenters. The van der Waals surface area contributed by atoms with Gasteiger partial charge >= 0.3 is 5.97 Å². The van der Waals surface area contributed by atoms with Crippen molar-refractivity contribution in [3.63, 3.8) is 0 Å². The van der Waals surface area contributed by atoms with Crippen LogP contribution in [0.4, 0.5) is 0 Å². The molecular formula is C24H28N4O2. The van der Waals surface area contributed by atoms with Crippen LogP contribution in [-0.4, -0.2) is 30.6 Å². The fourth-order valence-corrected chi connectivity index (χ4v) is 4.14. The smallest absolute Gasteiger partial charge is 0.337 e. The summed E-state index contributed by atoms with van der Waals surface area (Å²) in [4.78, 5) is 24.8. The SMILES string of the molecule is Cn1c(C(C)(C)Cc2cc(C(=O)O)c3nc(C(C)(C)C)[nH]c3c2)nc2ccccc21. The number of fused-ring (bicyclic) bond motifs is 2. The first-order chi connectivity index (χ1) is 14.0. The molecule has 2 aromatic heterocycles. The van der Waals surface area contributed by atoms with Gasteiger partial charge in [-0.15, -0.1) is 0 Å². The molecule has 2 heterocycles. The Morgan fingerprint density at radius 3 is 2.43 bits per heavy atom. The third-order valence-electron chi connectivity index (χ3n) is 5.63. The summed E-state index contributed by atoms with van der Waals surface area (Å²) in [6, 6.07) is 11.9. The van der Waals surface area contributed by atoms with Gasteiger partial charge in [-0.2, -0.15) is 0 Å². The van der Waals surface area contributed by atoms with Gasteiger partial charge in [0.1, 0.15) is 17.2 Å². The van der Waals surface area contributed by atoms with Gasteiger partial charge in [0, 0.05) is 17.9 Å². The number of nitrogens with zero attached hydrogens (tertiary/aromatic N) is 3. The number of hydrogen-bond donors (Lipinski definition) is 2. The Morgan fingerprint density at radius 1 is 1.10 bits per heavy atom. The van der Waals surface area contributed by atoms with Gasteiger partial charge in [0.05, 0.1) is 22.1 Å². The lowest BCUT2D eigenvalue weighted by Crippen LogP contribution is -2.25. The van der Waals surface area contributed by atoms with Crippen LogP contribution in [-0.2, 0) is 24.3 Å². The minimum Gasteiger partial charge on any atom is -0.478 e. The van der Waals surface area contributed by atoms with Crippen LogP contribution in [0.15, 0.2) is 36.4 Å². The summed E-state index contributed by atoms with van der Waals surface area (Å²) in [5.74, 6) is 0.793. The molecule has 0 saturated carbocycles. The fraction of sp³-hybridized carbons (Fsp3) is 0.375. The van der Waals surface area contributed by atoms with Crippen LogP contribution in [0.5, 0.6) is 0 Å². The van der Waals surface area contributed by atoms with E-state index in [-0.39, 0.29) is 16.4 Å². The molecule has 0 saturated heterocycles. The molecule has 156 valence electrons. The Labute approximate surface area is 176 Å². The molecule has 0 fully saturated rings. The number of aromatic amines is 1. The molecule has 6 nitrogen and oxygen atoms in total. The van der Waals surface area contributed by atoms with Crippen LogP contribution in [0.3, 0.4) is 0 Å². The average Bonchev–Trinajstić information content (AvgIpc) is 3.23. The van der Waals surface area contributed by atoms with Crippen molar-refractivity contribution in [3.05, 3.63) is 59.2 Å².